The van der Waals surface area contributed by atoms with Crippen LogP contribution in [0.1, 0.15) is 29.6 Å². The first-order chi connectivity index (χ1) is 9.72. The molecule has 0 saturated carbocycles. The molecule has 1 heterocycles. The van der Waals surface area contributed by atoms with Gasteiger partial charge in [-0.3, -0.25) is 4.79 Å². The van der Waals surface area contributed by atoms with Crippen molar-refractivity contribution in [1.29, 1.82) is 0 Å². The third kappa shape index (κ3) is 4.86. The lowest BCUT2D eigenvalue weighted by molar-refractivity contribution is 0.0943. The summed E-state index contributed by atoms with van der Waals surface area (Å²) in [5.41, 5.74) is -0.0169. The van der Waals surface area contributed by atoms with Gasteiger partial charge in [-0.05, 0) is 50.4 Å². The molecule has 0 radical (unpaired) electrons. The summed E-state index contributed by atoms with van der Waals surface area (Å²) in [7, 11) is 1.43. The van der Waals surface area contributed by atoms with E-state index in [-0.39, 0.29) is 23.7 Å². The molecule has 1 aromatic carbocycles. The summed E-state index contributed by atoms with van der Waals surface area (Å²) in [6.07, 6.45) is 3.28. The number of carbonyl (C=O) groups is 1. The molecule has 0 spiro atoms. The molecule has 2 rings (SSSR count). The van der Waals surface area contributed by atoms with Gasteiger partial charge in [-0.15, -0.1) is 12.4 Å². The van der Waals surface area contributed by atoms with Crippen LogP contribution in [0.2, 0.25) is 0 Å². The molecule has 6 heteroatoms. The van der Waals surface area contributed by atoms with Gasteiger partial charge in [0.25, 0.3) is 5.91 Å². The van der Waals surface area contributed by atoms with Gasteiger partial charge < -0.3 is 15.4 Å². The first kappa shape index (κ1) is 17.7. The van der Waals surface area contributed by atoms with Crippen LogP contribution in [-0.2, 0) is 0 Å². The predicted molar refractivity (Wildman–Crippen MR) is 82.7 cm³/mol. The maximum Gasteiger partial charge on any atom is 0.258 e. The molecule has 118 valence electrons. The van der Waals surface area contributed by atoms with E-state index in [1.54, 1.807) is 6.07 Å². The molecule has 1 saturated heterocycles. The average Bonchev–Trinajstić information content (AvgIpc) is 2.47. The molecule has 4 nitrogen and oxygen atoms in total. The van der Waals surface area contributed by atoms with Crippen molar-refractivity contribution in [2.45, 2.75) is 19.3 Å². The number of nitrogens with one attached hydrogen (secondary N) is 2. The summed E-state index contributed by atoms with van der Waals surface area (Å²) >= 11 is 0. The molecular formula is C15H22ClFN2O2. The van der Waals surface area contributed by atoms with Crippen LogP contribution in [0.3, 0.4) is 0 Å². The van der Waals surface area contributed by atoms with E-state index in [1.807, 2.05) is 0 Å². The van der Waals surface area contributed by atoms with Crippen LogP contribution in [0.5, 0.6) is 5.75 Å². The second-order valence-corrected chi connectivity index (χ2v) is 5.07. The van der Waals surface area contributed by atoms with Crippen molar-refractivity contribution >= 4 is 18.3 Å². The normalized spacial score (nSPS) is 17.7. The lowest BCUT2D eigenvalue weighted by Gasteiger charge is -2.22. The van der Waals surface area contributed by atoms with Crippen LogP contribution < -0.4 is 15.4 Å². The third-order valence-corrected chi connectivity index (χ3v) is 3.66. The topological polar surface area (TPSA) is 50.4 Å². The molecule has 1 amide bonds. The summed E-state index contributed by atoms with van der Waals surface area (Å²) in [5, 5.41) is 6.11. The molecule has 2 N–H and O–H groups in total. The SMILES string of the molecule is COc1cccc(F)c1C(=O)NCCC1CCCNC1.Cl. The summed E-state index contributed by atoms with van der Waals surface area (Å²) < 4.78 is 18.8. The Balaban J connectivity index is 0.00000220. The van der Waals surface area contributed by atoms with Crippen LogP contribution in [0.25, 0.3) is 0 Å². The summed E-state index contributed by atoms with van der Waals surface area (Å²) in [6, 6.07) is 4.38. The van der Waals surface area contributed by atoms with Crippen molar-refractivity contribution in [3.05, 3.63) is 29.6 Å². The third-order valence-electron chi connectivity index (χ3n) is 3.66. The molecule has 1 fully saturated rings. The summed E-state index contributed by atoms with van der Waals surface area (Å²) in [5.74, 6) is -0.113. The smallest absolute Gasteiger partial charge is 0.258 e. The highest BCUT2D eigenvalue weighted by molar-refractivity contribution is 5.97. The molecule has 0 bridgehead atoms. The largest absolute Gasteiger partial charge is 0.496 e. The van der Waals surface area contributed by atoms with E-state index in [9.17, 15) is 9.18 Å². The van der Waals surface area contributed by atoms with Crippen molar-refractivity contribution in [2.24, 2.45) is 5.92 Å². The van der Waals surface area contributed by atoms with Gasteiger partial charge >= 0.3 is 0 Å². The van der Waals surface area contributed by atoms with Crippen molar-refractivity contribution in [3.63, 3.8) is 0 Å². The van der Waals surface area contributed by atoms with Crippen molar-refractivity contribution in [3.8, 4) is 5.75 Å². The van der Waals surface area contributed by atoms with Crippen molar-refractivity contribution in [2.75, 3.05) is 26.7 Å². The average molecular weight is 317 g/mol. The highest BCUT2D eigenvalue weighted by Crippen LogP contribution is 2.21. The molecule has 1 aliphatic rings. The zero-order chi connectivity index (χ0) is 14.4. The number of piperidine rings is 1. The van der Waals surface area contributed by atoms with Gasteiger partial charge in [0.2, 0.25) is 0 Å². The minimum atomic E-state index is -0.554. The monoisotopic (exact) mass is 316 g/mol. The minimum Gasteiger partial charge on any atom is -0.496 e. The Bertz CT molecular complexity index is 465. The first-order valence-electron chi connectivity index (χ1n) is 7.03. The lowest BCUT2D eigenvalue weighted by Crippen LogP contribution is -2.33. The number of methoxy groups -OCH3 is 1. The number of carbonyl (C=O) groups excluding carboxylic acids is 1. The quantitative estimate of drug-likeness (QED) is 0.877. The second-order valence-electron chi connectivity index (χ2n) is 5.07. The number of halogens is 2. The van der Waals surface area contributed by atoms with Crippen LogP contribution in [0.4, 0.5) is 4.39 Å². The Labute approximate surface area is 130 Å². The highest BCUT2D eigenvalue weighted by atomic mass is 35.5. The molecule has 0 aliphatic carbocycles. The number of amides is 1. The fraction of sp³-hybridized carbons (Fsp3) is 0.533. The van der Waals surface area contributed by atoms with Crippen molar-refractivity contribution < 1.29 is 13.9 Å². The van der Waals surface area contributed by atoms with Gasteiger partial charge in [-0.25, -0.2) is 4.39 Å². The lowest BCUT2D eigenvalue weighted by atomic mass is 9.96. The number of rotatable bonds is 5. The maximum atomic E-state index is 13.7. The second kappa shape index (κ2) is 8.85. The minimum absolute atomic E-state index is 0. The Hall–Kier alpha value is -1.33. The molecule has 1 aliphatic heterocycles. The van der Waals surface area contributed by atoms with Gasteiger partial charge in [0.1, 0.15) is 17.1 Å². The number of hydrogen-bond acceptors (Lipinski definition) is 3. The number of benzene rings is 1. The van der Waals surface area contributed by atoms with Gasteiger partial charge in [0, 0.05) is 6.54 Å². The van der Waals surface area contributed by atoms with Crippen LogP contribution in [0.15, 0.2) is 18.2 Å². The zero-order valence-corrected chi connectivity index (χ0v) is 13.0. The van der Waals surface area contributed by atoms with E-state index >= 15 is 0 Å². The summed E-state index contributed by atoms with van der Waals surface area (Å²) in [4.78, 5) is 12.0. The highest BCUT2D eigenvalue weighted by Gasteiger charge is 2.18. The van der Waals surface area contributed by atoms with Crippen LogP contribution >= 0.6 is 12.4 Å². The predicted octanol–water partition coefficient (Wildman–Crippen LogP) is 2.38. The molecule has 0 aromatic heterocycles. The molecule has 1 unspecified atom stereocenters. The van der Waals surface area contributed by atoms with E-state index in [0.29, 0.717) is 12.5 Å². The van der Waals surface area contributed by atoms with E-state index in [1.165, 1.54) is 32.1 Å². The Morgan fingerprint density at radius 3 is 3.00 bits per heavy atom. The Kier molecular flexibility index (Phi) is 7.47. The summed E-state index contributed by atoms with van der Waals surface area (Å²) in [6.45, 7) is 2.64. The first-order valence-corrected chi connectivity index (χ1v) is 7.03. The molecule has 1 atom stereocenters. The maximum absolute atomic E-state index is 13.7. The number of hydrogen-bond donors (Lipinski definition) is 2. The van der Waals surface area contributed by atoms with E-state index < -0.39 is 11.7 Å². The van der Waals surface area contributed by atoms with E-state index in [0.717, 1.165) is 19.5 Å². The fourth-order valence-corrected chi connectivity index (χ4v) is 2.54. The fourth-order valence-electron chi connectivity index (χ4n) is 2.54. The Morgan fingerprint density at radius 1 is 1.52 bits per heavy atom. The van der Waals surface area contributed by atoms with Crippen LogP contribution in [-0.4, -0.2) is 32.7 Å². The van der Waals surface area contributed by atoms with Gasteiger partial charge in [-0.1, -0.05) is 6.07 Å². The zero-order valence-electron chi connectivity index (χ0n) is 12.2. The Morgan fingerprint density at radius 2 is 2.33 bits per heavy atom. The molecular weight excluding hydrogens is 295 g/mol. The van der Waals surface area contributed by atoms with Gasteiger partial charge in [-0.2, -0.15) is 0 Å². The van der Waals surface area contributed by atoms with Crippen LogP contribution in [0, 0.1) is 11.7 Å². The van der Waals surface area contributed by atoms with E-state index in [4.69, 9.17) is 4.74 Å². The van der Waals surface area contributed by atoms with Gasteiger partial charge in [0.15, 0.2) is 0 Å². The van der Waals surface area contributed by atoms with Crippen molar-refractivity contribution in [1.82, 2.24) is 10.6 Å². The molecule has 1 aromatic rings. The molecule has 21 heavy (non-hydrogen) atoms. The van der Waals surface area contributed by atoms with E-state index in [2.05, 4.69) is 10.6 Å². The van der Waals surface area contributed by atoms with Gasteiger partial charge in [0.05, 0.1) is 7.11 Å². The number of ether oxygens (including phenoxy) is 1. The standard InChI is InChI=1S/C15H21FN2O2.ClH/c1-20-13-6-2-5-12(16)14(13)15(19)18-9-7-11-4-3-8-17-10-11;/h2,5-6,11,17H,3-4,7-10H2,1H3,(H,18,19);1H.